The number of non-ortho nitro benzene ring substituents is 1. The number of aromatic nitrogens is 1. The van der Waals surface area contributed by atoms with Crippen molar-refractivity contribution in [3.05, 3.63) is 58.9 Å². The standard InChI is InChI=1S/C20H24N6O3/c21-16-24-20(25-17-8-7-11-22-15-17)23-12-4-2-1-3-5-13-29-19-10-6-9-18(14-19)26(27)28/h6-11,14-15H,1-5,12-13H2,(H2,23,24,25). The van der Waals surface area contributed by atoms with E-state index in [1.54, 1.807) is 30.6 Å². The second-order valence-electron chi connectivity index (χ2n) is 6.20. The highest BCUT2D eigenvalue weighted by Gasteiger charge is 2.06. The van der Waals surface area contributed by atoms with Gasteiger partial charge < -0.3 is 10.1 Å². The van der Waals surface area contributed by atoms with Gasteiger partial charge in [-0.15, -0.1) is 0 Å². The van der Waals surface area contributed by atoms with Gasteiger partial charge in [0.15, 0.2) is 6.19 Å². The van der Waals surface area contributed by atoms with Crippen LogP contribution in [0.4, 0.5) is 11.4 Å². The summed E-state index contributed by atoms with van der Waals surface area (Å²) in [4.78, 5) is 18.7. The Balaban J connectivity index is 1.58. The maximum absolute atomic E-state index is 10.7. The molecular formula is C20H24N6O3. The molecule has 0 fully saturated rings. The summed E-state index contributed by atoms with van der Waals surface area (Å²) >= 11 is 0. The highest BCUT2D eigenvalue weighted by molar-refractivity contribution is 5.94. The van der Waals surface area contributed by atoms with Crippen molar-refractivity contribution in [1.82, 2.24) is 10.3 Å². The molecule has 2 rings (SSSR count). The van der Waals surface area contributed by atoms with Crippen LogP contribution in [0, 0.1) is 21.6 Å². The lowest BCUT2D eigenvalue weighted by Gasteiger charge is -2.07. The highest BCUT2D eigenvalue weighted by atomic mass is 16.6. The Kier molecular flexibility index (Phi) is 9.45. The van der Waals surface area contributed by atoms with E-state index >= 15 is 0 Å². The molecule has 2 aromatic rings. The van der Waals surface area contributed by atoms with Gasteiger partial charge in [0.25, 0.3) is 5.69 Å². The van der Waals surface area contributed by atoms with Gasteiger partial charge in [-0.25, -0.2) is 0 Å². The number of ether oxygens (including phenoxy) is 1. The average molecular weight is 396 g/mol. The van der Waals surface area contributed by atoms with Gasteiger partial charge >= 0.3 is 0 Å². The van der Waals surface area contributed by atoms with E-state index < -0.39 is 4.92 Å². The first-order chi connectivity index (χ1) is 14.2. The van der Waals surface area contributed by atoms with E-state index in [0.717, 1.165) is 37.8 Å². The summed E-state index contributed by atoms with van der Waals surface area (Å²) in [7, 11) is 0. The van der Waals surface area contributed by atoms with Crippen molar-refractivity contribution in [2.75, 3.05) is 18.5 Å². The van der Waals surface area contributed by atoms with E-state index in [2.05, 4.69) is 20.6 Å². The number of pyridine rings is 1. The maximum Gasteiger partial charge on any atom is 0.273 e. The molecule has 9 heteroatoms. The minimum Gasteiger partial charge on any atom is -0.493 e. The van der Waals surface area contributed by atoms with Crippen LogP contribution in [0.2, 0.25) is 0 Å². The molecule has 0 unspecified atom stereocenters. The molecule has 1 heterocycles. The maximum atomic E-state index is 10.7. The van der Waals surface area contributed by atoms with Crippen LogP contribution < -0.4 is 15.4 Å². The molecule has 29 heavy (non-hydrogen) atoms. The van der Waals surface area contributed by atoms with E-state index in [9.17, 15) is 10.1 Å². The lowest BCUT2D eigenvalue weighted by molar-refractivity contribution is -0.384. The zero-order valence-electron chi connectivity index (χ0n) is 16.1. The molecule has 0 aliphatic heterocycles. The summed E-state index contributed by atoms with van der Waals surface area (Å²) in [6.07, 6.45) is 10.1. The minimum absolute atomic E-state index is 0.0336. The Bertz CT molecular complexity index is 836. The Hall–Kier alpha value is -3.67. The van der Waals surface area contributed by atoms with Crippen molar-refractivity contribution < 1.29 is 9.66 Å². The predicted molar refractivity (Wildman–Crippen MR) is 111 cm³/mol. The summed E-state index contributed by atoms with van der Waals surface area (Å²) in [5.74, 6) is 0.929. The first-order valence-corrected chi connectivity index (χ1v) is 9.43. The van der Waals surface area contributed by atoms with Crippen molar-refractivity contribution >= 4 is 17.3 Å². The number of nitro groups is 1. The number of guanidine groups is 1. The molecule has 0 amide bonds. The van der Waals surface area contributed by atoms with Crippen LogP contribution in [-0.4, -0.2) is 29.0 Å². The fourth-order valence-corrected chi connectivity index (χ4v) is 2.55. The topological polar surface area (TPSA) is 125 Å². The van der Waals surface area contributed by atoms with Gasteiger partial charge in [-0.1, -0.05) is 25.3 Å². The molecule has 0 radical (unpaired) electrons. The minimum atomic E-state index is -0.431. The number of nitrogens with one attached hydrogen (secondary N) is 2. The van der Waals surface area contributed by atoms with Gasteiger partial charge in [0.2, 0.25) is 5.96 Å². The number of nitro benzene ring substituents is 1. The van der Waals surface area contributed by atoms with Gasteiger partial charge in [-0.05, 0) is 31.0 Å². The van der Waals surface area contributed by atoms with Gasteiger partial charge in [0.05, 0.1) is 29.5 Å². The van der Waals surface area contributed by atoms with Gasteiger partial charge in [-0.3, -0.25) is 25.4 Å². The number of anilines is 1. The normalized spacial score (nSPS) is 10.8. The van der Waals surface area contributed by atoms with Gasteiger partial charge in [0, 0.05) is 18.8 Å². The Morgan fingerprint density at radius 2 is 2.03 bits per heavy atom. The summed E-state index contributed by atoms with van der Waals surface area (Å²) in [6, 6.07) is 9.86. The summed E-state index contributed by atoms with van der Waals surface area (Å²) < 4.78 is 5.56. The molecule has 0 spiro atoms. The van der Waals surface area contributed by atoms with E-state index in [0.29, 0.717) is 24.9 Å². The largest absolute Gasteiger partial charge is 0.493 e. The third kappa shape index (κ3) is 8.71. The molecule has 0 atom stereocenters. The first kappa shape index (κ1) is 21.6. The van der Waals surface area contributed by atoms with Crippen molar-refractivity contribution in [2.45, 2.75) is 32.1 Å². The van der Waals surface area contributed by atoms with Crippen molar-refractivity contribution in [1.29, 1.82) is 5.26 Å². The average Bonchev–Trinajstić information content (AvgIpc) is 2.73. The van der Waals surface area contributed by atoms with Crippen LogP contribution in [0.1, 0.15) is 32.1 Å². The Morgan fingerprint density at radius 3 is 2.79 bits per heavy atom. The third-order valence-corrected chi connectivity index (χ3v) is 3.97. The number of rotatable bonds is 11. The third-order valence-electron chi connectivity index (χ3n) is 3.97. The Labute approximate surface area is 169 Å². The molecule has 9 nitrogen and oxygen atoms in total. The summed E-state index contributed by atoms with van der Waals surface area (Å²) in [6.45, 7) is 1.14. The number of hydrogen-bond donors (Lipinski definition) is 2. The number of nitriles is 1. The molecule has 2 N–H and O–H groups in total. The van der Waals surface area contributed by atoms with Crippen LogP contribution >= 0.6 is 0 Å². The van der Waals surface area contributed by atoms with Crippen LogP contribution in [0.15, 0.2) is 53.8 Å². The number of benzene rings is 1. The number of aliphatic imine (C=N–C) groups is 1. The highest BCUT2D eigenvalue weighted by Crippen LogP contribution is 2.19. The molecular weight excluding hydrogens is 372 g/mol. The molecule has 152 valence electrons. The molecule has 1 aromatic carbocycles. The van der Waals surface area contributed by atoms with E-state index in [1.165, 1.54) is 12.1 Å². The number of unbranched alkanes of at least 4 members (excludes halogenated alkanes) is 4. The number of nitrogens with zero attached hydrogens (tertiary/aromatic N) is 4. The van der Waals surface area contributed by atoms with Crippen molar-refractivity contribution in [3.8, 4) is 11.9 Å². The van der Waals surface area contributed by atoms with Crippen molar-refractivity contribution in [3.63, 3.8) is 0 Å². The lowest BCUT2D eigenvalue weighted by atomic mass is 10.1. The van der Waals surface area contributed by atoms with Crippen LogP contribution in [0.3, 0.4) is 0 Å². The molecule has 0 bridgehead atoms. The van der Waals surface area contributed by atoms with Crippen LogP contribution in [0.5, 0.6) is 5.75 Å². The first-order valence-electron chi connectivity index (χ1n) is 9.43. The van der Waals surface area contributed by atoms with E-state index in [-0.39, 0.29) is 5.69 Å². The number of hydrogen-bond acceptors (Lipinski definition) is 6. The monoisotopic (exact) mass is 396 g/mol. The Morgan fingerprint density at radius 1 is 1.21 bits per heavy atom. The predicted octanol–water partition coefficient (Wildman–Crippen LogP) is 3.86. The van der Waals surface area contributed by atoms with Crippen LogP contribution in [0.25, 0.3) is 0 Å². The molecule has 0 saturated heterocycles. The van der Waals surface area contributed by atoms with Gasteiger partial charge in [-0.2, -0.15) is 5.26 Å². The molecule has 0 aliphatic rings. The molecule has 0 aliphatic carbocycles. The fourth-order valence-electron chi connectivity index (χ4n) is 2.55. The second kappa shape index (κ2) is 12.7. The van der Waals surface area contributed by atoms with Crippen LogP contribution in [-0.2, 0) is 0 Å². The zero-order valence-corrected chi connectivity index (χ0v) is 16.1. The SMILES string of the molecule is N#CNC(=NCCCCCCCOc1cccc([N+](=O)[O-])c1)Nc1cccnc1. The smallest absolute Gasteiger partial charge is 0.273 e. The van der Waals surface area contributed by atoms with E-state index in [1.807, 2.05) is 12.3 Å². The lowest BCUT2D eigenvalue weighted by Crippen LogP contribution is -2.27. The second-order valence-corrected chi connectivity index (χ2v) is 6.20. The van der Waals surface area contributed by atoms with Crippen molar-refractivity contribution in [2.24, 2.45) is 4.99 Å². The van der Waals surface area contributed by atoms with Gasteiger partial charge in [0.1, 0.15) is 5.75 Å². The summed E-state index contributed by atoms with van der Waals surface area (Å²) in [5, 5.41) is 25.1. The van der Waals surface area contributed by atoms with E-state index in [4.69, 9.17) is 10.00 Å². The fraction of sp³-hybridized carbons (Fsp3) is 0.350. The quantitative estimate of drug-likeness (QED) is 0.112. The zero-order chi connectivity index (χ0) is 20.7. The summed E-state index contributed by atoms with van der Waals surface area (Å²) in [5.41, 5.74) is 0.795. The molecule has 1 aromatic heterocycles. The molecule has 0 saturated carbocycles.